The van der Waals surface area contributed by atoms with Gasteiger partial charge in [-0.25, -0.2) is 4.98 Å². The first-order chi connectivity index (χ1) is 18.3. The zero-order chi connectivity index (χ0) is 26.8. The minimum absolute atomic E-state index is 0.00657. The second-order valence-corrected chi connectivity index (χ2v) is 9.56. The highest BCUT2D eigenvalue weighted by Crippen LogP contribution is 2.29. The fourth-order valence-corrected chi connectivity index (χ4v) is 4.90. The molecule has 0 bridgehead atoms. The van der Waals surface area contributed by atoms with Gasteiger partial charge in [0.2, 0.25) is 5.91 Å². The number of nitrogen functional groups attached to an aromatic ring is 1. The van der Waals surface area contributed by atoms with E-state index in [0.29, 0.717) is 45.3 Å². The lowest BCUT2D eigenvalue weighted by Gasteiger charge is -2.18. The van der Waals surface area contributed by atoms with Crippen LogP contribution in [0.3, 0.4) is 0 Å². The number of nitrogens with one attached hydrogen (secondary N) is 4. The Morgan fingerprint density at radius 3 is 2.74 bits per heavy atom. The van der Waals surface area contributed by atoms with Gasteiger partial charge < -0.3 is 36.5 Å². The molecule has 0 unspecified atom stereocenters. The summed E-state index contributed by atoms with van der Waals surface area (Å²) in [7, 11) is 0. The van der Waals surface area contributed by atoms with Crippen molar-refractivity contribution < 1.29 is 19.4 Å². The molecule has 0 spiro atoms. The number of hydrogen-bond donors (Lipinski definition) is 6. The molecule has 1 aliphatic rings. The number of phenolic OH excluding ortho intramolecular Hbond substituents is 1. The minimum atomic E-state index is -0.364. The first-order valence-corrected chi connectivity index (χ1v) is 12.5. The van der Waals surface area contributed by atoms with Gasteiger partial charge in [0.1, 0.15) is 16.3 Å². The maximum atomic E-state index is 12.9. The van der Waals surface area contributed by atoms with Crippen molar-refractivity contribution in [2.24, 2.45) is 0 Å². The maximum Gasteiger partial charge on any atom is 0.262 e. The van der Waals surface area contributed by atoms with Crippen molar-refractivity contribution >= 4 is 50.4 Å². The number of aromatic nitrogens is 2. The summed E-state index contributed by atoms with van der Waals surface area (Å²) in [6, 6.07) is 10.2. The van der Waals surface area contributed by atoms with Crippen molar-refractivity contribution in [3.05, 3.63) is 81.2 Å². The maximum absolute atomic E-state index is 12.9. The number of carbonyl (C=O) groups excluding carboxylic acids is 2. The SMILES string of the molecule is C=C(NCc1ccc2c(c1)NC(=O)CO2)c1nc2scc(CC(=O)NCc3ccc(O)c(N)c3)c2c(=O)[nH]1. The number of phenols is 1. The third-order valence-electron chi connectivity index (χ3n) is 5.92. The van der Waals surface area contributed by atoms with E-state index in [0.717, 1.165) is 11.1 Å². The van der Waals surface area contributed by atoms with Crippen LogP contribution >= 0.6 is 11.3 Å². The molecule has 0 saturated heterocycles. The number of nitrogens with zero attached hydrogens (tertiary/aromatic N) is 1. The Labute approximate surface area is 220 Å². The number of aromatic amines is 1. The molecule has 5 rings (SSSR count). The van der Waals surface area contributed by atoms with Crippen molar-refractivity contribution in [3.63, 3.8) is 0 Å². The monoisotopic (exact) mass is 532 g/mol. The average molecular weight is 533 g/mol. The second kappa shape index (κ2) is 10.3. The molecule has 0 aliphatic carbocycles. The zero-order valence-corrected chi connectivity index (χ0v) is 20.9. The number of hydrogen-bond acceptors (Lipinski definition) is 9. The largest absolute Gasteiger partial charge is 0.506 e. The summed E-state index contributed by atoms with van der Waals surface area (Å²) in [5.74, 6) is 0.406. The number of rotatable bonds is 8. The first-order valence-electron chi connectivity index (χ1n) is 11.6. The van der Waals surface area contributed by atoms with E-state index < -0.39 is 0 Å². The minimum Gasteiger partial charge on any atom is -0.506 e. The molecular formula is C26H24N6O5S. The molecule has 7 N–H and O–H groups in total. The Bertz CT molecular complexity index is 1640. The molecular weight excluding hydrogens is 508 g/mol. The van der Waals surface area contributed by atoms with Gasteiger partial charge in [0.05, 0.1) is 28.9 Å². The van der Waals surface area contributed by atoms with Gasteiger partial charge in [-0.1, -0.05) is 18.7 Å². The number of benzene rings is 2. The van der Waals surface area contributed by atoms with E-state index in [1.807, 2.05) is 6.07 Å². The van der Waals surface area contributed by atoms with Gasteiger partial charge in [0.15, 0.2) is 12.4 Å². The molecule has 1 aliphatic heterocycles. The third kappa shape index (κ3) is 5.30. The highest BCUT2D eigenvalue weighted by Gasteiger charge is 2.17. The number of fused-ring (bicyclic) bond motifs is 2. The van der Waals surface area contributed by atoms with Crippen molar-refractivity contribution in [3.8, 4) is 11.5 Å². The van der Waals surface area contributed by atoms with Gasteiger partial charge in [0.25, 0.3) is 11.5 Å². The van der Waals surface area contributed by atoms with Crippen LogP contribution in [-0.2, 0) is 29.1 Å². The molecule has 0 fully saturated rings. The van der Waals surface area contributed by atoms with E-state index >= 15 is 0 Å². The number of carbonyl (C=O) groups is 2. The number of ether oxygens (including phenoxy) is 1. The van der Waals surface area contributed by atoms with Gasteiger partial charge >= 0.3 is 0 Å². The number of aromatic hydroxyl groups is 1. The Balaban J connectivity index is 1.23. The molecule has 2 aromatic heterocycles. The fraction of sp³-hybridized carbons (Fsp3) is 0.154. The van der Waals surface area contributed by atoms with Gasteiger partial charge in [-0.05, 0) is 46.3 Å². The lowest BCUT2D eigenvalue weighted by atomic mass is 10.1. The molecule has 0 saturated carbocycles. The van der Waals surface area contributed by atoms with E-state index in [4.69, 9.17) is 10.5 Å². The summed E-state index contributed by atoms with van der Waals surface area (Å²) in [4.78, 5) is 44.7. The lowest BCUT2D eigenvalue weighted by Crippen LogP contribution is -2.25. The standard InChI is InChI=1S/C26H24N6O5S/c1-13(28-9-15-3-5-20-18(7-15)30-22(35)11-37-20)24-31-25(36)23-16(12-38-26(23)32-24)8-21(34)29-10-14-2-4-19(33)17(27)6-14/h2-7,12,28,33H,1,8-11,27H2,(H,29,34)(H,30,35)(H,31,32,36). The molecule has 11 nitrogen and oxygen atoms in total. The quantitative estimate of drug-likeness (QED) is 0.148. The number of thiophene rings is 1. The zero-order valence-electron chi connectivity index (χ0n) is 20.1. The summed E-state index contributed by atoms with van der Waals surface area (Å²) in [6.45, 7) is 4.60. The van der Waals surface area contributed by atoms with Gasteiger partial charge in [-0.3, -0.25) is 14.4 Å². The van der Waals surface area contributed by atoms with Crippen LogP contribution in [0.4, 0.5) is 11.4 Å². The highest BCUT2D eigenvalue weighted by atomic mass is 32.1. The molecule has 12 heteroatoms. The van der Waals surface area contributed by atoms with E-state index in [2.05, 4.69) is 32.5 Å². The molecule has 194 valence electrons. The molecule has 38 heavy (non-hydrogen) atoms. The number of anilines is 2. The summed E-state index contributed by atoms with van der Waals surface area (Å²) >= 11 is 1.27. The number of H-pyrrole nitrogens is 1. The molecule has 0 radical (unpaired) electrons. The molecule has 2 aromatic carbocycles. The smallest absolute Gasteiger partial charge is 0.262 e. The van der Waals surface area contributed by atoms with Gasteiger partial charge in [-0.2, -0.15) is 0 Å². The van der Waals surface area contributed by atoms with Crippen LogP contribution in [0, 0.1) is 0 Å². The number of amides is 2. The average Bonchev–Trinajstić information content (AvgIpc) is 3.30. The normalized spacial score (nSPS) is 12.4. The highest BCUT2D eigenvalue weighted by molar-refractivity contribution is 7.16. The Kier molecular flexibility index (Phi) is 6.71. The van der Waals surface area contributed by atoms with Crippen LogP contribution in [0.2, 0.25) is 0 Å². The van der Waals surface area contributed by atoms with Gasteiger partial charge in [-0.15, -0.1) is 11.3 Å². The molecule has 2 amide bonds. The molecule has 3 heterocycles. The Morgan fingerprint density at radius 1 is 1.16 bits per heavy atom. The fourth-order valence-electron chi connectivity index (χ4n) is 3.96. The lowest BCUT2D eigenvalue weighted by molar-refractivity contribution is -0.120. The van der Waals surface area contributed by atoms with E-state index in [1.54, 1.807) is 29.6 Å². The van der Waals surface area contributed by atoms with E-state index in [-0.39, 0.29) is 48.4 Å². The van der Waals surface area contributed by atoms with E-state index in [1.165, 1.54) is 17.4 Å². The Hall–Kier alpha value is -4.84. The van der Waals surface area contributed by atoms with Crippen molar-refractivity contribution in [1.29, 1.82) is 0 Å². The van der Waals surface area contributed by atoms with Crippen LogP contribution in [0.15, 0.2) is 53.2 Å². The van der Waals surface area contributed by atoms with E-state index in [9.17, 15) is 19.5 Å². The molecule has 0 atom stereocenters. The third-order valence-corrected chi connectivity index (χ3v) is 6.84. The van der Waals surface area contributed by atoms with Crippen molar-refractivity contribution in [2.75, 3.05) is 17.7 Å². The Morgan fingerprint density at radius 2 is 1.92 bits per heavy atom. The summed E-state index contributed by atoms with van der Waals surface area (Å²) in [6.07, 6.45) is 0.00938. The van der Waals surface area contributed by atoms with Crippen LogP contribution < -0.4 is 32.0 Å². The van der Waals surface area contributed by atoms with Crippen LogP contribution in [0.5, 0.6) is 11.5 Å². The predicted octanol–water partition coefficient (Wildman–Crippen LogP) is 2.22. The first kappa shape index (κ1) is 24.8. The van der Waals surface area contributed by atoms with Crippen molar-refractivity contribution in [1.82, 2.24) is 20.6 Å². The summed E-state index contributed by atoms with van der Waals surface area (Å²) in [5.41, 5.74) is 8.77. The topological polar surface area (TPSA) is 171 Å². The summed E-state index contributed by atoms with van der Waals surface area (Å²) in [5, 5.41) is 20.3. The van der Waals surface area contributed by atoms with Crippen LogP contribution in [-0.4, -0.2) is 33.5 Å². The van der Waals surface area contributed by atoms with Crippen molar-refractivity contribution in [2.45, 2.75) is 19.5 Å². The van der Waals surface area contributed by atoms with Crippen LogP contribution in [0.25, 0.3) is 15.9 Å². The summed E-state index contributed by atoms with van der Waals surface area (Å²) < 4.78 is 5.37. The second-order valence-electron chi connectivity index (χ2n) is 8.70. The number of nitrogens with two attached hydrogens (primary N) is 1. The molecule has 4 aromatic rings. The van der Waals surface area contributed by atoms with Gasteiger partial charge in [0, 0.05) is 13.1 Å². The predicted molar refractivity (Wildman–Crippen MR) is 145 cm³/mol. The van der Waals surface area contributed by atoms with Crippen LogP contribution in [0.1, 0.15) is 22.5 Å².